The maximum absolute atomic E-state index is 14.2. The molecule has 0 saturated heterocycles. The molecule has 0 atom stereocenters. The summed E-state index contributed by atoms with van der Waals surface area (Å²) in [7, 11) is 0. The largest absolute Gasteiger partial charge is 0.312 e. The Morgan fingerprint density at radius 3 is 2.38 bits per heavy atom. The van der Waals surface area contributed by atoms with E-state index < -0.39 is 0 Å². The van der Waals surface area contributed by atoms with Crippen molar-refractivity contribution in [1.82, 2.24) is 5.32 Å². The summed E-state index contributed by atoms with van der Waals surface area (Å²) in [5.41, 5.74) is 2.59. The normalized spacial score (nSPS) is 16.0. The predicted octanol–water partition coefficient (Wildman–Crippen LogP) is 4.43. The molecule has 0 unspecified atom stereocenters. The van der Waals surface area contributed by atoms with Gasteiger partial charge >= 0.3 is 0 Å². The van der Waals surface area contributed by atoms with Crippen molar-refractivity contribution in [2.75, 3.05) is 6.54 Å². The third-order valence-corrected chi connectivity index (χ3v) is 3.97. The van der Waals surface area contributed by atoms with Crippen molar-refractivity contribution in [3.05, 3.63) is 59.2 Å². The Labute approximate surface area is 129 Å². The van der Waals surface area contributed by atoms with Crippen LogP contribution < -0.4 is 5.32 Å². The fourth-order valence-electron chi connectivity index (χ4n) is 3.05. The molecule has 0 radical (unpaired) electrons. The number of halogens is 3. The average Bonchev–Trinajstić information content (AvgIpc) is 2.39. The second-order valence-electron chi connectivity index (χ2n) is 5.92. The highest BCUT2D eigenvalue weighted by Gasteiger charge is 2.32. The highest BCUT2D eigenvalue weighted by atomic mass is 35.5. The van der Waals surface area contributed by atoms with Crippen LogP contribution in [0.15, 0.2) is 36.4 Å². The molecule has 1 aliphatic rings. The molecule has 0 aliphatic carbocycles. The average molecular weight is 310 g/mol. The lowest BCUT2D eigenvalue weighted by Gasteiger charge is -2.34. The van der Waals surface area contributed by atoms with E-state index in [0.29, 0.717) is 17.7 Å². The monoisotopic (exact) mass is 309 g/mol. The van der Waals surface area contributed by atoms with Gasteiger partial charge in [-0.05, 0) is 28.8 Å². The zero-order valence-corrected chi connectivity index (χ0v) is 12.9. The van der Waals surface area contributed by atoms with Crippen LogP contribution in [0.5, 0.6) is 0 Å². The van der Waals surface area contributed by atoms with Gasteiger partial charge in [0, 0.05) is 24.1 Å². The van der Waals surface area contributed by atoms with E-state index in [0.717, 1.165) is 17.7 Å². The molecule has 0 fully saturated rings. The van der Waals surface area contributed by atoms with E-state index in [2.05, 4.69) is 5.32 Å². The van der Waals surface area contributed by atoms with E-state index in [-0.39, 0.29) is 29.5 Å². The van der Waals surface area contributed by atoms with E-state index in [1.807, 2.05) is 13.8 Å². The minimum absolute atomic E-state index is 0. The van der Waals surface area contributed by atoms with Gasteiger partial charge in [0.15, 0.2) is 0 Å². The molecule has 0 bridgehead atoms. The lowest BCUT2D eigenvalue weighted by atomic mass is 9.76. The zero-order valence-electron chi connectivity index (χ0n) is 12.0. The van der Waals surface area contributed by atoms with E-state index >= 15 is 0 Å². The zero-order chi connectivity index (χ0) is 14.3. The number of rotatable bonds is 1. The summed E-state index contributed by atoms with van der Waals surface area (Å²) in [5.74, 6) is -0.476. The predicted molar refractivity (Wildman–Crippen MR) is 83.8 cm³/mol. The van der Waals surface area contributed by atoms with Crippen molar-refractivity contribution in [3.8, 4) is 11.1 Å². The van der Waals surface area contributed by atoms with Gasteiger partial charge in [-0.1, -0.05) is 38.1 Å². The first-order valence-electron chi connectivity index (χ1n) is 6.78. The van der Waals surface area contributed by atoms with Gasteiger partial charge in [0.05, 0.1) is 0 Å². The van der Waals surface area contributed by atoms with Gasteiger partial charge in [0.25, 0.3) is 0 Å². The van der Waals surface area contributed by atoms with Gasteiger partial charge in [-0.2, -0.15) is 0 Å². The Balaban J connectivity index is 0.00000161. The second-order valence-corrected chi connectivity index (χ2v) is 5.92. The number of nitrogens with one attached hydrogen (secondary N) is 1. The Bertz CT molecular complexity index is 668. The minimum atomic E-state index is -0.293. The van der Waals surface area contributed by atoms with Gasteiger partial charge in [-0.25, -0.2) is 8.78 Å². The second kappa shape index (κ2) is 5.74. The van der Waals surface area contributed by atoms with Crippen LogP contribution in [-0.2, 0) is 12.0 Å². The first-order chi connectivity index (χ1) is 9.50. The van der Waals surface area contributed by atoms with E-state index in [4.69, 9.17) is 0 Å². The molecule has 2 aromatic carbocycles. The summed E-state index contributed by atoms with van der Waals surface area (Å²) in [6.45, 7) is 5.30. The highest BCUT2D eigenvalue weighted by molar-refractivity contribution is 5.85. The number of benzene rings is 2. The van der Waals surface area contributed by atoms with E-state index in [9.17, 15) is 8.78 Å². The molecule has 21 heavy (non-hydrogen) atoms. The molecule has 0 amide bonds. The van der Waals surface area contributed by atoms with E-state index in [1.165, 1.54) is 12.1 Å². The molecule has 0 saturated carbocycles. The van der Waals surface area contributed by atoms with Crippen LogP contribution in [0.2, 0.25) is 0 Å². The van der Waals surface area contributed by atoms with Gasteiger partial charge in [-0.15, -0.1) is 12.4 Å². The molecule has 3 rings (SSSR count). The summed E-state index contributed by atoms with van der Waals surface area (Å²) in [5, 5.41) is 3.30. The van der Waals surface area contributed by atoms with Crippen LogP contribution in [0.1, 0.15) is 25.0 Å². The summed E-state index contributed by atoms with van der Waals surface area (Å²) in [4.78, 5) is 0. The van der Waals surface area contributed by atoms with Crippen LogP contribution in [-0.4, -0.2) is 6.54 Å². The summed E-state index contributed by atoms with van der Waals surface area (Å²) < 4.78 is 28.3. The standard InChI is InChI=1S/C17H17F2N.ClH/c1-17(2)10-20-9-13-11(7-8-15(19)16(13)17)12-5-3-4-6-14(12)18;/h3-8,20H,9-10H2,1-2H3;1H. The first kappa shape index (κ1) is 15.9. The molecular formula is C17H18ClF2N. The molecule has 112 valence electrons. The van der Waals surface area contributed by atoms with Gasteiger partial charge < -0.3 is 5.32 Å². The summed E-state index contributed by atoms with van der Waals surface area (Å²) in [6, 6.07) is 9.77. The molecule has 1 nitrogen and oxygen atoms in total. The quantitative estimate of drug-likeness (QED) is 0.821. The maximum atomic E-state index is 14.2. The number of hydrogen-bond donors (Lipinski definition) is 1. The van der Waals surface area contributed by atoms with Crippen LogP contribution in [0.4, 0.5) is 8.78 Å². The summed E-state index contributed by atoms with van der Waals surface area (Å²) in [6.07, 6.45) is 0. The van der Waals surface area contributed by atoms with Crippen LogP contribution in [0.25, 0.3) is 11.1 Å². The van der Waals surface area contributed by atoms with Gasteiger partial charge in [0.2, 0.25) is 0 Å². The molecule has 2 aromatic rings. The van der Waals surface area contributed by atoms with Crippen molar-refractivity contribution in [3.63, 3.8) is 0 Å². The Morgan fingerprint density at radius 2 is 1.67 bits per heavy atom. The lowest BCUT2D eigenvalue weighted by Crippen LogP contribution is -2.39. The van der Waals surface area contributed by atoms with E-state index in [1.54, 1.807) is 24.3 Å². The molecule has 0 aromatic heterocycles. The Hall–Kier alpha value is -1.45. The Morgan fingerprint density at radius 1 is 0.952 bits per heavy atom. The van der Waals surface area contributed by atoms with Crippen molar-refractivity contribution in [2.24, 2.45) is 0 Å². The lowest BCUT2D eigenvalue weighted by molar-refractivity contribution is 0.411. The number of fused-ring (bicyclic) bond motifs is 1. The minimum Gasteiger partial charge on any atom is -0.312 e. The third kappa shape index (κ3) is 2.68. The highest BCUT2D eigenvalue weighted by Crippen LogP contribution is 2.38. The fraction of sp³-hybridized carbons (Fsp3) is 0.294. The molecule has 1 heterocycles. The van der Waals surface area contributed by atoms with Gasteiger partial charge in [0.1, 0.15) is 11.6 Å². The van der Waals surface area contributed by atoms with Crippen molar-refractivity contribution < 1.29 is 8.78 Å². The third-order valence-electron chi connectivity index (χ3n) is 3.97. The molecule has 1 N–H and O–H groups in total. The molecule has 4 heteroatoms. The Kier molecular flexibility index (Phi) is 4.35. The topological polar surface area (TPSA) is 12.0 Å². The molecule has 1 aliphatic heterocycles. The van der Waals surface area contributed by atoms with Crippen molar-refractivity contribution >= 4 is 12.4 Å². The summed E-state index contributed by atoms with van der Waals surface area (Å²) >= 11 is 0. The molecular weight excluding hydrogens is 292 g/mol. The van der Waals surface area contributed by atoms with Gasteiger partial charge in [-0.3, -0.25) is 0 Å². The fourth-order valence-corrected chi connectivity index (χ4v) is 3.05. The van der Waals surface area contributed by atoms with Crippen LogP contribution in [0, 0.1) is 11.6 Å². The molecule has 0 spiro atoms. The first-order valence-corrected chi connectivity index (χ1v) is 6.78. The SMILES string of the molecule is CC1(C)CNCc2c(-c3ccccc3F)ccc(F)c21.Cl. The number of hydrogen-bond acceptors (Lipinski definition) is 1. The smallest absolute Gasteiger partial charge is 0.131 e. The van der Waals surface area contributed by atoms with Crippen molar-refractivity contribution in [2.45, 2.75) is 25.8 Å². The maximum Gasteiger partial charge on any atom is 0.131 e. The van der Waals surface area contributed by atoms with Crippen LogP contribution in [0.3, 0.4) is 0 Å². The van der Waals surface area contributed by atoms with Crippen LogP contribution >= 0.6 is 12.4 Å². The van der Waals surface area contributed by atoms with Crippen molar-refractivity contribution in [1.29, 1.82) is 0 Å².